The Morgan fingerprint density at radius 3 is 2.80 bits per heavy atom. The highest BCUT2D eigenvalue weighted by atomic mass is 19.1. The molecule has 0 saturated carbocycles. The van der Waals surface area contributed by atoms with E-state index in [0.717, 1.165) is 5.56 Å². The molecule has 0 aliphatic rings. The van der Waals surface area contributed by atoms with Crippen LogP contribution in [0.4, 0.5) is 4.39 Å². The van der Waals surface area contributed by atoms with E-state index in [9.17, 15) is 4.39 Å². The molecule has 0 atom stereocenters. The second-order valence-electron chi connectivity index (χ2n) is 3.37. The summed E-state index contributed by atoms with van der Waals surface area (Å²) in [7, 11) is 0. The van der Waals surface area contributed by atoms with Crippen LogP contribution in [0.15, 0.2) is 28.9 Å². The molecule has 2 aromatic rings. The summed E-state index contributed by atoms with van der Waals surface area (Å²) >= 11 is 0. The lowest BCUT2D eigenvalue weighted by molar-refractivity contribution is 0.570. The average Bonchev–Trinajstić information content (AvgIpc) is 2.64. The smallest absolute Gasteiger partial charge is 0.226 e. The Morgan fingerprint density at radius 2 is 2.20 bits per heavy atom. The number of nitrogens with zero attached hydrogens (tertiary/aromatic N) is 1. The Balaban J connectivity index is 2.44. The van der Waals surface area contributed by atoms with Crippen molar-refractivity contribution >= 4 is 0 Å². The van der Waals surface area contributed by atoms with E-state index in [2.05, 4.69) is 4.98 Å². The topological polar surface area (TPSA) is 52.0 Å². The SMILES string of the molecule is Cc1cc(F)cc(-c2nc(CN)co2)c1. The minimum atomic E-state index is -0.294. The van der Waals surface area contributed by atoms with E-state index < -0.39 is 0 Å². The van der Waals surface area contributed by atoms with E-state index in [1.54, 1.807) is 0 Å². The summed E-state index contributed by atoms with van der Waals surface area (Å²) in [5, 5.41) is 0. The predicted molar refractivity (Wildman–Crippen MR) is 54.5 cm³/mol. The standard InChI is InChI=1S/C11H11FN2O/c1-7-2-8(4-9(12)3-7)11-14-10(5-13)6-15-11/h2-4,6H,5,13H2,1H3. The molecule has 1 aromatic heterocycles. The third-order valence-electron chi connectivity index (χ3n) is 2.05. The van der Waals surface area contributed by atoms with Gasteiger partial charge in [0, 0.05) is 12.1 Å². The fourth-order valence-electron chi connectivity index (χ4n) is 1.39. The molecular weight excluding hydrogens is 195 g/mol. The maximum atomic E-state index is 13.1. The van der Waals surface area contributed by atoms with Gasteiger partial charge < -0.3 is 10.2 Å². The molecule has 0 fully saturated rings. The van der Waals surface area contributed by atoms with Crippen LogP contribution in [0.25, 0.3) is 11.5 Å². The summed E-state index contributed by atoms with van der Waals surface area (Å²) in [6.07, 6.45) is 1.48. The summed E-state index contributed by atoms with van der Waals surface area (Å²) in [5.74, 6) is 0.107. The number of aryl methyl sites for hydroxylation is 1. The molecule has 1 heterocycles. The third kappa shape index (κ3) is 2.05. The Hall–Kier alpha value is -1.68. The first-order valence-electron chi connectivity index (χ1n) is 4.61. The Morgan fingerprint density at radius 1 is 1.40 bits per heavy atom. The van der Waals surface area contributed by atoms with Crippen LogP contribution in [-0.2, 0) is 6.54 Å². The molecule has 2 rings (SSSR count). The average molecular weight is 206 g/mol. The number of nitrogens with two attached hydrogens (primary N) is 1. The molecule has 0 aliphatic heterocycles. The van der Waals surface area contributed by atoms with Crippen LogP contribution < -0.4 is 5.73 Å². The summed E-state index contributed by atoms with van der Waals surface area (Å²) in [6.45, 7) is 2.14. The lowest BCUT2D eigenvalue weighted by Gasteiger charge is -1.98. The first-order chi connectivity index (χ1) is 7.19. The van der Waals surface area contributed by atoms with Gasteiger partial charge in [0.25, 0.3) is 0 Å². The first-order valence-corrected chi connectivity index (χ1v) is 4.61. The van der Waals surface area contributed by atoms with Crippen LogP contribution in [0.2, 0.25) is 0 Å². The van der Waals surface area contributed by atoms with Gasteiger partial charge in [0.1, 0.15) is 12.1 Å². The minimum absolute atomic E-state index is 0.294. The maximum Gasteiger partial charge on any atom is 0.226 e. The van der Waals surface area contributed by atoms with E-state index in [1.807, 2.05) is 13.0 Å². The monoisotopic (exact) mass is 206 g/mol. The van der Waals surface area contributed by atoms with Gasteiger partial charge in [0.05, 0.1) is 5.69 Å². The predicted octanol–water partition coefficient (Wildman–Crippen LogP) is 2.25. The fourth-order valence-corrected chi connectivity index (χ4v) is 1.39. The molecule has 4 heteroatoms. The van der Waals surface area contributed by atoms with Crippen LogP contribution in [0, 0.1) is 12.7 Å². The van der Waals surface area contributed by atoms with Gasteiger partial charge in [-0.3, -0.25) is 0 Å². The highest BCUT2D eigenvalue weighted by Gasteiger charge is 2.07. The van der Waals surface area contributed by atoms with Crippen molar-refractivity contribution < 1.29 is 8.81 Å². The van der Waals surface area contributed by atoms with Gasteiger partial charge in [0.2, 0.25) is 5.89 Å². The molecule has 0 amide bonds. The Labute approximate surface area is 86.7 Å². The van der Waals surface area contributed by atoms with Crippen LogP contribution in [0.1, 0.15) is 11.3 Å². The molecule has 15 heavy (non-hydrogen) atoms. The van der Waals surface area contributed by atoms with E-state index in [-0.39, 0.29) is 5.82 Å². The molecule has 0 radical (unpaired) electrons. The van der Waals surface area contributed by atoms with Gasteiger partial charge in [-0.25, -0.2) is 9.37 Å². The van der Waals surface area contributed by atoms with Gasteiger partial charge in [-0.15, -0.1) is 0 Å². The summed E-state index contributed by atoms with van der Waals surface area (Å²) < 4.78 is 18.3. The van der Waals surface area contributed by atoms with Crippen molar-refractivity contribution in [1.82, 2.24) is 4.98 Å². The van der Waals surface area contributed by atoms with Crippen molar-refractivity contribution in [3.8, 4) is 11.5 Å². The number of benzene rings is 1. The molecule has 3 nitrogen and oxygen atoms in total. The van der Waals surface area contributed by atoms with Crippen molar-refractivity contribution in [2.75, 3.05) is 0 Å². The minimum Gasteiger partial charge on any atom is -0.444 e. The van der Waals surface area contributed by atoms with Crippen LogP contribution >= 0.6 is 0 Å². The molecule has 0 bridgehead atoms. The molecule has 0 spiro atoms. The molecule has 78 valence electrons. The maximum absolute atomic E-state index is 13.1. The van der Waals surface area contributed by atoms with Gasteiger partial charge in [0.15, 0.2) is 0 Å². The van der Waals surface area contributed by atoms with Crippen molar-refractivity contribution in [3.05, 3.63) is 41.5 Å². The molecular formula is C11H11FN2O. The number of halogens is 1. The zero-order chi connectivity index (χ0) is 10.8. The van der Waals surface area contributed by atoms with Crippen molar-refractivity contribution in [2.24, 2.45) is 5.73 Å². The second-order valence-corrected chi connectivity index (χ2v) is 3.37. The third-order valence-corrected chi connectivity index (χ3v) is 2.05. The lowest BCUT2D eigenvalue weighted by atomic mass is 10.1. The first kappa shape index (κ1) is 9.86. The van der Waals surface area contributed by atoms with Crippen molar-refractivity contribution in [1.29, 1.82) is 0 Å². The second kappa shape index (κ2) is 3.82. The molecule has 2 N–H and O–H groups in total. The highest BCUT2D eigenvalue weighted by molar-refractivity contribution is 5.54. The number of aromatic nitrogens is 1. The largest absolute Gasteiger partial charge is 0.444 e. The number of hydrogen-bond donors (Lipinski definition) is 1. The number of rotatable bonds is 2. The Bertz CT molecular complexity index is 459. The summed E-state index contributed by atoms with van der Waals surface area (Å²) in [6, 6.07) is 4.66. The Kier molecular flexibility index (Phi) is 2.51. The van der Waals surface area contributed by atoms with Crippen molar-refractivity contribution in [3.63, 3.8) is 0 Å². The normalized spacial score (nSPS) is 10.6. The van der Waals surface area contributed by atoms with Gasteiger partial charge in [-0.1, -0.05) is 0 Å². The summed E-state index contributed by atoms with van der Waals surface area (Å²) in [5.41, 5.74) is 7.53. The lowest BCUT2D eigenvalue weighted by Crippen LogP contribution is -1.95. The van der Waals surface area contributed by atoms with Crippen LogP contribution in [0.5, 0.6) is 0 Å². The van der Waals surface area contributed by atoms with E-state index in [1.165, 1.54) is 18.4 Å². The van der Waals surface area contributed by atoms with E-state index in [4.69, 9.17) is 10.2 Å². The molecule has 1 aromatic carbocycles. The van der Waals surface area contributed by atoms with Crippen LogP contribution in [0.3, 0.4) is 0 Å². The molecule has 0 unspecified atom stereocenters. The van der Waals surface area contributed by atoms with Crippen LogP contribution in [-0.4, -0.2) is 4.98 Å². The fraction of sp³-hybridized carbons (Fsp3) is 0.182. The quantitative estimate of drug-likeness (QED) is 0.819. The van der Waals surface area contributed by atoms with E-state index in [0.29, 0.717) is 23.7 Å². The van der Waals surface area contributed by atoms with Gasteiger partial charge in [-0.2, -0.15) is 0 Å². The van der Waals surface area contributed by atoms with Gasteiger partial charge >= 0.3 is 0 Å². The number of oxazole rings is 1. The molecule has 0 saturated heterocycles. The zero-order valence-corrected chi connectivity index (χ0v) is 8.33. The molecule has 0 aliphatic carbocycles. The summed E-state index contributed by atoms with van der Waals surface area (Å²) in [4.78, 5) is 4.12. The zero-order valence-electron chi connectivity index (χ0n) is 8.33. The number of hydrogen-bond acceptors (Lipinski definition) is 3. The van der Waals surface area contributed by atoms with Crippen molar-refractivity contribution in [2.45, 2.75) is 13.5 Å². The van der Waals surface area contributed by atoms with Gasteiger partial charge in [-0.05, 0) is 30.7 Å². The van der Waals surface area contributed by atoms with E-state index >= 15 is 0 Å². The highest BCUT2D eigenvalue weighted by Crippen LogP contribution is 2.21.